The highest BCUT2D eigenvalue weighted by Crippen LogP contribution is 2.22. The summed E-state index contributed by atoms with van der Waals surface area (Å²) in [6.45, 7) is 4.90. The quantitative estimate of drug-likeness (QED) is 0.676. The average Bonchev–Trinajstić information content (AvgIpc) is 3.19. The maximum Gasteiger partial charge on any atom is 0.278 e. The number of rotatable bonds is 5. The number of amides is 1. The van der Waals surface area contributed by atoms with E-state index in [4.69, 9.17) is 4.74 Å². The van der Waals surface area contributed by atoms with Gasteiger partial charge in [0.15, 0.2) is 11.4 Å². The molecule has 0 unspecified atom stereocenters. The number of ether oxygens (including phenoxy) is 1. The van der Waals surface area contributed by atoms with E-state index in [-0.39, 0.29) is 5.91 Å². The summed E-state index contributed by atoms with van der Waals surface area (Å²) in [7, 11) is 0. The molecule has 1 aliphatic rings. The summed E-state index contributed by atoms with van der Waals surface area (Å²) >= 11 is 0. The van der Waals surface area contributed by atoms with E-state index in [0.717, 1.165) is 5.69 Å². The lowest BCUT2D eigenvalue weighted by molar-refractivity contribution is 0.0735. The Balaban J connectivity index is 1.51. The minimum absolute atomic E-state index is 0.119. The van der Waals surface area contributed by atoms with E-state index in [1.807, 2.05) is 37.3 Å². The van der Waals surface area contributed by atoms with Crippen LogP contribution in [0, 0.1) is 0 Å². The third kappa shape index (κ3) is 3.66. The van der Waals surface area contributed by atoms with Gasteiger partial charge < -0.3 is 14.5 Å². The zero-order chi connectivity index (χ0) is 19.3. The van der Waals surface area contributed by atoms with Crippen molar-refractivity contribution in [2.75, 3.05) is 37.7 Å². The predicted molar refractivity (Wildman–Crippen MR) is 105 cm³/mol. The fourth-order valence-electron chi connectivity index (χ4n) is 3.19. The van der Waals surface area contributed by atoms with Gasteiger partial charge in [0.05, 0.1) is 18.5 Å². The Kier molecular flexibility index (Phi) is 5.18. The third-order valence-corrected chi connectivity index (χ3v) is 4.61. The summed E-state index contributed by atoms with van der Waals surface area (Å²) in [6.07, 6.45) is 5.22. The molecule has 0 bridgehead atoms. The van der Waals surface area contributed by atoms with Crippen molar-refractivity contribution < 1.29 is 9.53 Å². The second-order valence-electron chi connectivity index (χ2n) is 6.38. The first kappa shape index (κ1) is 18.0. The van der Waals surface area contributed by atoms with Crippen LogP contribution in [-0.2, 0) is 0 Å². The summed E-state index contributed by atoms with van der Waals surface area (Å²) in [5.41, 5.74) is 1.23. The van der Waals surface area contributed by atoms with Gasteiger partial charge >= 0.3 is 0 Å². The van der Waals surface area contributed by atoms with Crippen molar-refractivity contribution in [3.05, 3.63) is 60.7 Å². The lowest BCUT2D eigenvalue weighted by Crippen LogP contribution is -2.49. The summed E-state index contributed by atoms with van der Waals surface area (Å²) in [5.74, 6) is 1.08. The van der Waals surface area contributed by atoms with E-state index in [9.17, 15) is 4.79 Å². The number of carbonyl (C=O) groups excluding carboxylic acids is 1. The molecule has 2 aromatic heterocycles. The minimum atomic E-state index is -0.119. The first-order chi connectivity index (χ1) is 13.8. The molecule has 8 nitrogen and oxygen atoms in total. The van der Waals surface area contributed by atoms with Gasteiger partial charge in [0.2, 0.25) is 5.95 Å². The zero-order valence-electron chi connectivity index (χ0n) is 15.7. The van der Waals surface area contributed by atoms with Crippen LogP contribution in [0.15, 0.2) is 55.0 Å². The minimum Gasteiger partial charge on any atom is -0.490 e. The van der Waals surface area contributed by atoms with Gasteiger partial charge in [0.25, 0.3) is 5.91 Å². The number of anilines is 1. The standard InChI is InChI=1S/C20H22N6O2/c1-2-28-17-15-26(16-7-4-3-5-8-16)23-18(17)19(27)24-11-13-25(14-12-24)20-21-9-6-10-22-20/h3-10,15H,2,11-14H2,1H3. The van der Waals surface area contributed by atoms with Crippen LogP contribution < -0.4 is 9.64 Å². The van der Waals surface area contributed by atoms with Crippen LogP contribution in [0.1, 0.15) is 17.4 Å². The SMILES string of the molecule is CCOc1cn(-c2ccccc2)nc1C(=O)N1CCN(c2ncccn2)CC1. The van der Waals surface area contributed by atoms with Crippen LogP contribution in [-0.4, -0.2) is 63.3 Å². The molecule has 1 amide bonds. The molecule has 8 heteroatoms. The lowest BCUT2D eigenvalue weighted by Gasteiger charge is -2.34. The molecule has 28 heavy (non-hydrogen) atoms. The van der Waals surface area contributed by atoms with Gasteiger partial charge in [0, 0.05) is 38.6 Å². The number of para-hydroxylation sites is 1. The molecule has 1 aliphatic heterocycles. The van der Waals surface area contributed by atoms with Crippen LogP contribution in [0.3, 0.4) is 0 Å². The number of nitrogens with zero attached hydrogens (tertiary/aromatic N) is 6. The topological polar surface area (TPSA) is 76.4 Å². The number of hydrogen-bond acceptors (Lipinski definition) is 6. The average molecular weight is 378 g/mol. The molecule has 0 N–H and O–H groups in total. The molecule has 0 saturated carbocycles. The molecule has 1 saturated heterocycles. The van der Waals surface area contributed by atoms with Crippen molar-refractivity contribution in [2.24, 2.45) is 0 Å². The van der Waals surface area contributed by atoms with Crippen molar-refractivity contribution in [2.45, 2.75) is 6.92 Å². The van der Waals surface area contributed by atoms with Gasteiger partial charge in [-0.2, -0.15) is 5.10 Å². The van der Waals surface area contributed by atoms with E-state index < -0.39 is 0 Å². The van der Waals surface area contributed by atoms with Gasteiger partial charge in [-0.05, 0) is 25.1 Å². The van der Waals surface area contributed by atoms with Crippen LogP contribution in [0.5, 0.6) is 5.75 Å². The maximum absolute atomic E-state index is 13.1. The molecule has 1 aromatic carbocycles. The van der Waals surface area contributed by atoms with Crippen LogP contribution in [0.25, 0.3) is 5.69 Å². The maximum atomic E-state index is 13.1. The summed E-state index contributed by atoms with van der Waals surface area (Å²) in [6, 6.07) is 11.5. The van der Waals surface area contributed by atoms with E-state index >= 15 is 0 Å². The van der Waals surface area contributed by atoms with Crippen molar-refractivity contribution in [1.82, 2.24) is 24.6 Å². The fraction of sp³-hybridized carbons (Fsp3) is 0.300. The first-order valence-corrected chi connectivity index (χ1v) is 9.35. The summed E-state index contributed by atoms with van der Waals surface area (Å²) < 4.78 is 7.37. The summed E-state index contributed by atoms with van der Waals surface area (Å²) in [4.78, 5) is 25.6. The van der Waals surface area contributed by atoms with Crippen LogP contribution in [0.2, 0.25) is 0 Å². The van der Waals surface area contributed by atoms with E-state index in [2.05, 4.69) is 20.0 Å². The molecule has 0 aliphatic carbocycles. The Hall–Kier alpha value is -3.42. The highest BCUT2D eigenvalue weighted by atomic mass is 16.5. The molecular weight excluding hydrogens is 356 g/mol. The second kappa shape index (κ2) is 8.08. The number of carbonyl (C=O) groups is 1. The van der Waals surface area contributed by atoms with Gasteiger partial charge in [-0.1, -0.05) is 18.2 Å². The van der Waals surface area contributed by atoms with Gasteiger partial charge in [-0.3, -0.25) is 4.79 Å². The van der Waals surface area contributed by atoms with Crippen molar-refractivity contribution in [3.8, 4) is 11.4 Å². The largest absolute Gasteiger partial charge is 0.490 e. The molecule has 0 spiro atoms. The Morgan fingerprint density at radius 2 is 1.75 bits per heavy atom. The Morgan fingerprint density at radius 3 is 2.43 bits per heavy atom. The van der Waals surface area contributed by atoms with Crippen molar-refractivity contribution in [1.29, 1.82) is 0 Å². The summed E-state index contributed by atoms with van der Waals surface area (Å²) in [5, 5.41) is 4.51. The molecular formula is C20H22N6O2. The molecule has 3 aromatic rings. The van der Waals surface area contributed by atoms with Gasteiger partial charge in [-0.25, -0.2) is 14.6 Å². The predicted octanol–water partition coefficient (Wildman–Crippen LogP) is 2.02. The zero-order valence-corrected chi connectivity index (χ0v) is 15.7. The highest BCUT2D eigenvalue weighted by molar-refractivity contribution is 5.95. The number of aromatic nitrogens is 4. The fourth-order valence-corrected chi connectivity index (χ4v) is 3.19. The van der Waals surface area contributed by atoms with Gasteiger partial charge in [0.1, 0.15) is 0 Å². The molecule has 3 heterocycles. The first-order valence-electron chi connectivity index (χ1n) is 9.35. The van der Waals surface area contributed by atoms with Crippen LogP contribution in [0.4, 0.5) is 5.95 Å². The molecule has 0 radical (unpaired) electrons. The van der Waals surface area contributed by atoms with E-state index in [0.29, 0.717) is 50.2 Å². The second-order valence-corrected chi connectivity index (χ2v) is 6.38. The van der Waals surface area contributed by atoms with Crippen LogP contribution >= 0.6 is 0 Å². The lowest BCUT2D eigenvalue weighted by atomic mass is 10.2. The third-order valence-electron chi connectivity index (χ3n) is 4.61. The Labute approximate surface area is 163 Å². The Morgan fingerprint density at radius 1 is 1.04 bits per heavy atom. The smallest absolute Gasteiger partial charge is 0.278 e. The monoisotopic (exact) mass is 378 g/mol. The number of hydrogen-bond donors (Lipinski definition) is 0. The van der Waals surface area contributed by atoms with E-state index in [1.54, 1.807) is 34.2 Å². The van der Waals surface area contributed by atoms with Crippen molar-refractivity contribution >= 4 is 11.9 Å². The number of piperazine rings is 1. The normalized spacial score (nSPS) is 14.2. The van der Waals surface area contributed by atoms with Gasteiger partial charge in [-0.15, -0.1) is 0 Å². The number of benzene rings is 1. The molecule has 144 valence electrons. The highest BCUT2D eigenvalue weighted by Gasteiger charge is 2.28. The Bertz CT molecular complexity index is 920. The molecule has 4 rings (SSSR count). The molecule has 0 atom stereocenters. The molecule has 1 fully saturated rings. The van der Waals surface area contributed by atoms with Crippen molar-refractivity contribution in [3.63, 3.8) is 0 Å². The van der Waals surface area contributed by atoms with E-state index in [1.165, 1.54) is 0 Å².